The lowest BCUT2D eigenvalue weighted by Gasteiger charge is -2.51. The monoisotopic (exact) mass is 418 g/mol. The van der Waals surface area contributed by atoms with Crippen molar-refractivity contribution in [3.8, 4) is 5.75 Å². The largest absolute Gasteiger partial charge is 0.497 e. The van der Waals surface area contributed by atoms with Gasteiger partial charge in [0.2, 0.25) is 0 Å². The van der Waals surface area contributed by atoms with E-state index in [0.29, 0.717) is 29.2 Å². The molecular weight excluding hydrogens is 388 g/mol. The van der Waals surface area contributed by atoms with Crippen LogP contribution in [0, 0.1) is 33.3 Å². The number of nitro groups is 1. The third-order valence-electron chi connectivity index (χ3n) is 9.20. The van der Waals surface area contributed by atoms with Crippen LogP contribution >= 0.6 is 0 Å². The molecule has 0 saturated heterocycles. The van der Waals surface area contributed by atoms with Crippen molar-refractivity contribution in [1.29, 1.82) is 0 Å². The molecule has 0 amide bonds. The van der Waals surface area contributed by atoms with Gasteiger partial charge in [-0.15, -0.1) is 0 Å². The maximum absolute atomic E-state index is 11.2. The van der Waals surface area contributed by atoms with Gasteiger partial charge in [-0.1, -0.05) is 13.0 Å². The van der Waals surface area contributed by atoms with E-state index in [9.17, 15) is 10.1 Å². The molecule has 0 spiro atoms. The van der Waals surface area contributed by atoms with Crippen molar-refractivity contribution < 1.29 is 9.66 Å². The maximum atomic E-state index is 11.2. The van der Waals surface area contributed by atoms with Gasteiger partial charge in [0.05, 0.1) is 12.0 Å². The normalized spacial score (nSPS) is 35.0. The van der Waals surface area contributed by atoms with Crippen LogP contribution in [0.4, 0.5) is 11.4 Å². The molecule has 5 nitrogen and oxygen atoms in total. The molecule has 4 aliphatic rings. The number of nitro benzene ring substituents is 1. The van der Waals surface area contributed by atoms with Crippen LogP contribution in [0.25, 0.3) is 0 Å². The number of nitrogens with zero attached hydrogens (tertiary/aromatic N) is 1. The molecule has 0 bridgehead atoms. The van der Waals surface area contributed by atoms with Gasteiger partial charge in [0.25, 0.3) is 5.69 Å². The summed E-state index contributed by atoms with van der Waals surface area (Å²) in [7, 11) is 1.75. The van der Waals surface area contributed by atoms with Crippen LogP contribution in [0.2, 0.25) is 0 Å². The molecule has 5 heteroatoms. The molecule has 2 saturated carbocycles. The number of fused-ring (bicyclic) bond motifs is 8. The van der Waals surface area contributed by atoms with E-state index >= 15 is 0 Å². The molecular formula is C26H30N2O3. The predicted molar refractivity (Wildman–Crippen MR) is 121 cm³/mol. The molecule has 2 aromatic rings. The van der Waals surface area contributed by atoms with E-state index in [1.54, 1.807) is 24.8 Å². The zero-order valence-corrected chi connectivity index (χ0v) is 18.3. The quantitative estimate of drug-likeness (QED) is 0.500. The van der Waals surface area contributed by atoms with Crippen molar-refractivity contribution in [2.75, 3.05) is 12.4 Å². The first-order chi connectivity index (χ1) is 15.0. The molecule has 2 fully saturated rings. The summed E-state index contributed by atoms with van der Waals surface area (Å²) in [6.45, 7) is 2.52. The summed E-state index contributed by atoms with van der Waals surface area (Å²) in [5.41, 5.74) is 5.78. The highest BCUT2D eigenvalue weighted by molar-refractivity contribution is 5.59. The van der Waals surface area contributed by atoms with E-state index < -0.39 is 0 Å². The van der Waals surface area contributed by atoms with Gasteiger partial charge in [0, 0.05) is 23.9 Å². The van der Waals surface area contributed by atoms with E-state index in [0.717, 1.165) is 35.8 Å². The molecule has 1 aliphatic heterocycles. The summed E-state index contributed by atoms with van der Waals surface area (Å²) in [5.74, 6) is 3.66. The van der Waals surface area contributed by atoms with Crippen LogP contribution in [0.1, 0.15) is 55.2 Å². The van der Waals surface area contributed by atoms with Crippen LogP contribution in [-0.4, -0.2) is 18.1 Å². The Balaban J connectivity index is 1.31. The van der Waals surface area contributed by atoms with Crippen molar-refractivity contribution in [3.05, 3.63) is 63.2 Å². The first-order valence-electron chi connectivity index (χ1n) is 11.7. The molecule has 0 unspecified atom stereocenters. The number of hydrogen-bond acceptors (Lipinski definition) is 4. The van der Waals surface area contributed by atoms with E-state index in [4.69, 9.17) is 4.74 Å². The van der Waals surface area contributed by atoms with Crippen molar-refractivity contribution in [2.45, 2.75) is 57.4 Å². The van der Waals surface area contributed by atoms with E-state index in [1.807, 2.05) is 6.07 Å². The first-order valence-corrected chi connectivity index (χ1v) is 11.7. The summed E-state index contributed by atoms with van der Waals surface area (Å²) < 4.78 is 5.47. The summed E-state index contributed by atoms with van der Waals surface area (Å²) in [6, 6.07) is 12.5. The zero-order valence-electron chi connectivity index (χ0n) is 18.3. The van der Waals surface area contributed by atoms with Gasteiger partial charge in [-0.3, -0.25) is 10.1 Å². The Bertz CT molecular complexity index is 1070. The van der Waals surface area contributed by atoms with Gasteiger partial charge in [-0.25, -0.2) is 0 Å². The van der Waals surface area contributed by atoms with Crippen molar-refractivity contribution in [2.24, 2.45) is 23.2 Å². The lowest BCUT2D eigenvalue weighted by molar-refractivity contribution is -0.384. The van der Waals surface area contributed by atoms with Gasteiger partial charge < -0.3 is 10.1 Å². The minimum absolute atomic E-state index is 0.208. The van der Waals surface area contributed by atoms with Crippen LogP contribution in [-0.2, 0) is 12.8 Å². The highest BCUT2D eigenvalue weighted by Gasteiger charge is 2.59. The van der Waals surface area contributed by atoms with Gasteiger partial charge in [0.15, 0.2) is 0 Å². The van der Waals surface area contributed by atoms with Crippen molar-refractivity contribution in [3.63, 3.8) is 0 Å². The second kappa shape index (κ2) is 6.72. The van der Waals surface area contributed by atoms with E-state index in [2.05, 4.69) is 30.4 Å². The Labute approximate surface area is 183 Å². The standard InChI is InChI=1S/C26H30N2O3/c1-26-10-9-21-20-7-5-19(31-2)13-15(20)3-6-22(21)23(26)14-17-11-16-12-18(28(29)30)4-8-24(16)27-25(17)26/h4-5,7-8,12-13,17,21-23,25,27H,3,6,9-11,14H2,1-2H3/t17-,21-,22-,23+,25+,26+/m1/s1. The highest BCUT2D eigenvalue weighted by Crippen LogP contribution is 2.64. The third kappa shape index (κ3) is 2.74. The maximum Gasteiger partial charge on any atom is 0.269 e. The van der Waals surface area contributed by atoms with Crippen LogP contribution < -0.4 is 10.1 Å². The van der Waals surface area contributed by atoms with Crippen molar-refractivity contribution in [1.82, 2.24) is 0 Å². The Morgan fingerprint density at radius 1 is 1.16 bits per heavy atom. The Hall–Kier alpha value is -2.56. The Morgan fingerprint density at radius 3 is 2.84 bits per heavy atom. The number of nitrogens with one attached hydrogen (secondary N) is 1. The molecule has 6 atom stereocenters. The predicted octanol–water partition coefficient (Wildman–Crippen LogP) is 5.72. The third-order valence-corrected chi connectivity index (χ3v) is 9.20. The number of ether oxygens (including phenoxy) is 1. The van der Waals surface area contributed by atoms with Crippen LogP contribution in [0.15, 0.2) is 36.4 Å². The van der Waals surface area contributed by atoms with Crippen molar-refractivity contribution >= 4 is 11.4 Å². The van der Waals surface area contributed by atoms with Gasteiger partial charge in [0.1, 0.15) is 5.75 Å². The topological polar surface area (TPSA) is 64.4 Å². The van der Waals surface area contributed by atoms with E-state index in [1.165, 1.54) is 31.2 Å². The smallest absolute Gasteiger partial charge is 0.269 e. The molecule has 1 heterocycles. The Morgan fingerprint density at radius 2 is 2.03 bits per heavy atom. The second-order valence-corrected chi connectivity index (χ2v) is 10.4. The fourth-order valence-corrected chi connectivity index (χ4v) is 7.80. The molecule has 31 heavy (non-hydrogen) atoms. The average Bonchev–Trinajstić information content (AvgIpc) is 3.08. The molecule has 6 rings (SSSR count). The van der Waals surface area contributed by atoms with Gasteiger partial charge in [-0.2, -0.15) is 0 Å². The number of rotatable bonds is 2. The molecule has 162 valence electrons. The van der Waals surface area contributed by atoms with E-state index in [-0.39, 0.29) is 10.6 Å². The van der Waals surface area contributed by atoms with Crippen LogP contribution in [0.3, 0.4) is 0 Å². The Kier molecular flexibility index (Phi) is 4.15. The fraction of sp³-hybridized carbons (Fsp3) is 0.538. The number of non-ortho nitro benzene ring substituents is 1. The first kappa shape index (κ1) is 19.1. The summed E-state index contributed by atoms with van der Waals surface area (Å²) in [4.78, 5) is 11.0. The molecule has 2 aromatic carbocycles. The summed E-state index contributed by atoms with van der Waals surface area (Å²) >= 11 is 0. The van der Waals surface area contributed by atoms with Gasteiger partial charge in [-0.05, 0) is 103 Å². The lowest BCUT2D eigenvalue weighted by atomic mass is 9.55. The van der Waals surface area contributed by atoms with Crippen LogP contribution in [0.5, 0.6) is 5.75 Å². The number of methoxy groups -OCH3 is 1. The molecule has 0 aromatic heterocycles. The molecule has 0 radical (unpaired) electrons. The molecule has 1 N–H and O–H groups in total. The van der Waals surface area contributed by atoms with Gasteiger partial charge >= 0.3 is 0 Å². The number of hydrogen-bond donors (Lipinski definition) is 1. The highest BCUT2D eigenvalue weighted by atomic mass is 16.6. The SMILES string of the molecule is COc1ccc2c(c1)CC[C@@H]1[C@@H]2CC[C@@]2(C)[C@H]1C[C@H]1Cc3cc([N+](=O)[O-])ccc3N[C@@H]12. The minimum atomic E-state index is -0.277. The second-order valence-electron chi connectivity index (χ2n) is 10.4. The fourth-order valence-electron chi connectivity index (χ4n) is 7.80. The minimum Gasteiger partial charge on any atom is -0.497 e. The summed E-state index contributed by atoms with van der Waals surface area (Å²) in [5, 5.41) is 15.1. The summed E-state index contributed by atoms with van der Waals surface area (Å²) in [6.07, 6.45) is 7.13. The lowest BCUT2D eigenvalue weighted by Crippen LogP contribution is -2.48. The number of aryl methyl sites for hydroxylation is 1. The number of benzene rings is 2. The molecule has 3 aliphatic carbocycles. The number of anilines is 1. The zero-order chi connectivity index (χ0) is 21.3. The average molecular weight is 419 g/mol.